The first kappa shape index (κ1) is 22.9. The van der Waals surface area contributed by atoms with Gasteiger partial charge in [0.05, 0.1) is 26.3 Å². The van der Waals surface area contributed by atoms with E-state index < -0.39 is 6.09 Å². The second-order valence-corrected chi connectivity index (χ2v) is 7.19. The molecule has 1 heterocycles. The van der Waals surface area contributed by atoms with E-state index in [0.717, 1.165) is 34.9 Å². The molecule has 32 heavy (non-hydrogen) atoms. The minimum Gasteiger partial charge on any atom is -0.493 e. The van der Waals surface area contributed by atoms with Crippen molar-refractivity contribution in [2.75, 3.05) is 26.1 Å². The van der Waals surface area contributed by atoms with E-state index in [0.29, 0.717) is 35.3 Å². The molecule has 7 nitrogen and oxygen atoms in total. The number of allylic oxidation sites excluding steroid dienone is 1. The number of nitrogens with zero attached hydrogens (tertiary/aromatic N) is 1. The molecule has 0 unspecified atom stereocenters. The summed E-state index contributed by atoms with van der Waals surface area (Å²) >= 11 is 0. The average molecular weight is 437 g/mol. The van der Waals surface area contributed by atoms with Crippen molar-refractivity contribution in [2.24, 2.45) is 0 Å². The number of hydrogen-bond donors (Lipinski definition) is 1. The van der Waals surface area contributed by atoms with Gasteiger partial charge in [-0.1, -0.05) is 6.08 Å². The number of benzene rings is 2. The van der Waals surface area contributed by atoms with Crippen LogP contribution >= 0.6 is 0 Å². The van der Waals surface area contributed by atoms with Crippen LogP contribution in [-0.2, 0) is 4.74 Å². The van der Waals surface area contributed by atoms with E-state index in [9.17, 15) is 4.79 Å². The molecule has 3 aromatic rings. The van der Waals surface area contributed by atoms with E-state index in [1.165, 1.54) is 0 Å². The quantitative estimate of drug-likeness (QED) is 0.319. The second kappa shape index (κ2) is 10.5. The molecule has 0 aliphatic rings. The zero-order valence-electron chi connectivity index (χ0n) is 18.9. The SMILES string of the molecule is C=CCCCOC(=O)Nc1ccc(Oc2ccnc3cc(OC)c(OC)cc23)c(C)c1C. The Hall–Kier alpha value is -3.74. The number of nitrogens with one attached hydrogen (secondary N) is 1. The van der Waals surface area contributed by atoms with Crippen LogP contribution in [0, 0.1) is 13.8 Å². The Morgan fingerprint density at radius 1 is 1.03 bits per heavy atom. The fourth-order valence-corrected chi connectivity index (χ4v) is 3.24. The number of carbonyl (C=O) groups is 1. The van der Waals surface area contributed by atoms with E-state index in [-0.39, 0.29) is 0 Å². The zero-order chi connectivity index (χ0) is 23.1. The van der Waals surface area contributed by atoms with E-state index >= 15 is 0 Å². The summed E-state index contributed by atoms with van der Waals surface area (Å²) in [4.78, 5) is 16.5. The first-order chi connectivity index (χ1) is 15.5. The Kier molecular flexibility index (Phi) is 7.54. The molecule has 0 saturated carbocycles. The van der Waals surface area contributed by atoms with Gasteiger partial charge in [0.25, 0.3) is 0 Å². The third-order valence-corrected chi connectivity index (χ3v) is 5.19. The minimum absolute atomic E-state index is 0.348. The van der Waals surface area contributed by atoms with Crippen LogP contribution in [0.1, 0.15) is 24.0 Å². The van der Waals surface area contributed by atoms with Crippen molar-refractivity contribution in [2.45, 2.75) is 26.7 Å². The predicted octanol–water partition coefficient (Wildman–Crippen LogP) is 6.18. The average Bonchev–Trinajstić information content (AvgIpc) is 2.80. The Labute approximate surface area is 188 Å². The van der Waals surface area contributed by atoms with Gasteiger partial charge in [-0.15, -0.1) is 6.58 Å². The van der Waals surface area contributed by atoms with E-state index in [1.807, 2.05) is 32.0 Å². The van der Waals surface area contributed by atoms with Gasteiger partial charge >= 0.3 is 6.09 Å². The highest BCUT2D eigenvalue weighted by Crippen LogP contribution is 2.38. The number of hydrogen-bond acceptors (Lipinski definition) is 6. The number of pyridine rings is 1. The van der Waals surface area contributed by atoms with Crippen LogP contribution in [0.25, 0.3) is 10.9 Å². The molecular weight excluding hydrogens is 408 g/mol. The first-order valence-electron chi connectivity index (χ1n) is 10.3. The molecule has 0 radical (unpaired) electrons. The molecule has 0 bridgehead atoms. The summed E-state index contributed by atoms with van der Waals surface area (Å²) in [5.74, 6) is 2.51. The fourth-order valence-electron chi connectivity index (χ4n) is 3.24. The van der Waals surface area contributed by atoms with Gasteiger partial charge in [-0.3, -0.25) is 10.3 Å². The number of rotatable bonds is 9. The molecule has 1 aromatic heterocycles. The number of unbranched alkanes of at least 4 members (excludes halogenated alkanes) is 1. The van der Waals surface area contributed by atoms with Crippen molar-refractivity contribution in [3.63, 3.8) is 0 Å². The number of fused-ring (bicyclic) bond motifs is 1. The summed E-state index contributed by atoms with van der Waals surface area (Å²) < 4.78 is 22.2. The van der Waals surface area contributed by atoms with Gasteiger partial charge in [0.1, 0.15) is 11.5 Å². The molecule has 2 aromatic carbocycles. The molecule has 1 amide bonds. The number of carbonyl (C=O) groups excluding carboxylic acids is 1. The molecule has 1 N–H and O–H groups in total. The van der Waals surface area contributed by atoms with E-state index in [1.54, 1.807) is 38.6 Å². The van der Waals surface area contributed by atoms with Crippen molar-refractivity contribution < 1.29 is 23.7 Å². The minimum atomic E-state index is -0.480. The number of aromatic nitrogens is 1. The van der Waals surface area contributed by atoms with Gasteiger partial charge in [-0.25, -0.2) is 4.79 Å². The van der Waals surface area contributed by atoms with Crippen LogP contribution in [-0.4, -0.2) is 31.9 Å². The Balaban J connectivity index is 1.82. The van der Waals surface area contributed by atoms with Crippen molar-refractivity contribution in [3.05, 3.63) is 60.3 Å². The third-order valence-electron chi connectivity index (χ3n) is 5.19. The highest BCUT2D eigenvalue weighted by molar-refractivity contribution is 5.89. The molecule has 0 atom stereocenters. The van der Waals surface area contributed by atoms with Crippen LogP contribution in [0.3, 0.4) is 0 Å². The molecular formula is C25H28N2O5. The zero-order valence-corrected chi connectivity index (χ0v) is 18.9. The summed E-state index contributed by atoms with van der Waals surface area (Å²) in [6, 6.07) is 9.08. The number of anilines is 1. The summed E-state index contributed by atoms with van der Waals surface area (Å²) in [5, 5.41) is 3.59. The largest absolute Gasteiger partial charge is 0.493 e. The standard InChI is InChI=1S/C25H28N2O5/c1-6-7-8-13-31-25(28)27-19-9-10-21(17(3)16(19)2)32-22-11-12-26-20-15-24(30-5)23(29-4)14-18(20)22/h6,9-12,14-15H,1,7-8,13H2,2-5H3,(H,27,28). The summed E-state index contributed by atoms with van der Waals surface area (Å²) in [7, 11) is 3.17. The van der Waals surface area contributed by atoms with Crippen molar-refractivity contribution >= 4 is 22.7 Å². The van der Waals surface area contributed by atoms with Gasteiger partial charge in [-0.2, -0.15) is 0 Å². The summed E-state index contributed by atoms with van der Waals surface area (Å²) in [6.45, 7) is 7.87. The van der Waals surface area contributed by atoms with Crippen LogP contribution in [0.4, 0.5) is 10.5 Å². The number of ether oxygens (including phenoxy) is 4. The smallest absolute Gasteiger partial charge is 0.411 e. The van der Waals surface area contributed by atoms with Gasteiger partial charge in [0.15, 0.2) is 11.5 Å². The van der Waals surface area contributed by atoms with Crippen molar-refractivity contribution in [3.8, 4) is 23.0 Å². The fraction of sp³-hybridized carbons (Fsp3) is 0.280. The first-order valence-corrected chi connectivity index (χ1v) is 10.3. The Morgan fingerprint density at radius 3 is 2.50 bits per heavy atom. The van der Waals surface area contributed by atoms with Crippen LogP contribution in [0.15, 0.2) is 49.2 Å². The van der Waals surface area contributed by atoms with E-state index in [4.69, 9.17) is 18.9 Å². The summed E-state index contributed by atoms with van der Waals surface area (Å²) in [5.41, 5.74) is 3.20. The van der Waals surface area contributed by atoms with E-state index in [2.05, 4.69) is 16.9 Å². The maximum atomic E-state index is 12.1. The lowest BCUT2D eigenvalue weighted by molar-refractivity contribution is 0.160. The number of methoxy groups -OCH3 is 2. The molecule has 0 fully saturated rings. The predicted molar refractivity (Wildman–Crippen MR) is 125 cm³/mol. The number of amides is 1. The van der Waals surface area contributed by atoms with Gasteiger partial charge < -0.3 is 18.9 Å². The molecule has 0 spiro atoms. The summed E-state index contributed by atoms with van der Waals surface area (Å²) in [6.07, 6.45) is 4.56. The Morgan fingerprint density at radius 2 is 1.78 bits per heavy atom. The molecule has 0 aliphatic heterocycles. The van der Waals surface area contributed by atoms with Gasteiger partial charge in [0.2, 0.25) is 0 Å². The van der Waals surface area contributed by atoms with Gasteiger partial charge in [0, 0.05) is 23.3 Å². The van der Waals surface area contributed by atoms with Crippen molar-refractivity contribution in [1.82, 2.24) is 4.98 Å². The maximum absolute atomic E-state index is 12.1. The maximum Gasteiger partial charge on any atom is 0.411 e. The topological polar surface area (TPSA) is 78.9 Å². The molecule has 3 rings (SSSR count). The monoisotopic (exact) mass is 436 g/mol. The normalized spacial score (nSPS) is 10.5. The van der Waals surface area contributed by atoms with Crippen LogP contribution < -0.4 is 19.5 Å². The second-order valence-electron chi connectivity index (χ2n) is 7.19. The highest BCUT2D eigenvalue weighted by atomic mass is 16.5. The van der Waals surface area contributed by atoms with Gasteiger partial charge in [-0.05, 0) is 62.1 Å². The van der Waals surface area contributed by atoms with Crippen LogP contribution in [0.2, 0.25) is 0 Å². The highest BCUT2D eigenvalue weighted by Gasteiger charge is 2.14. The lowest BCUT2D eigenvalue weighted by Crippen LogP contribution is -2.15. The van der Waals surface area contributed by atoms with Crippen LogP contribution in [0.5, 0.6) is 23.0 Å². The lowest BCUT2D eigenvalue weighted by Gasteiger charge is -2.16. The van der Waals surface area contributed by atoms with Crippen molar-refractivity contribution in [1.29, 1.82) is 0 Å². The lowest BCUT2D eigenvalue weighted by atomic mass is 10.1. The molecule has 168 valence electrons. The Bertz CT molecular complexity index is 1130. The molecule has 0 saturated heterocycles. The molecule has 7 heteroatoms. The molecule has 0 aliphatic carbocycles. The third kappa shape index (κ3) is 5.11.